The molecule has 2 unspecified atom stereocenters. The molecule has 1 aliphatic rings. The fourth-order valence-electron chi connectivity index (χ4n) is 7.41. The van der Waals surface area contributed by atoms with Gasteiger partial charge in [-0.25, -0.2) is 0 Å². The molecule has 2 heteroatoms. The van der Waals surface area contributed by atoms with Gasteiger partial charge in [0.1, 0.15) is 5.75 Å². The van der Waals surface area contributed by atoms with E-state index in [4.69, 9.17) is 0 Å². The van der Waals surface area contributed by atoms with Crippen LogP contribution in [0.4, 0.5) is 0 Å². The molecule has 0 radical (unpaired) electrons. The van der Waals surface area contributed by atoms with Crippen molar-refractivity contribution in [2.45, 2.75) is 155 Å². The molecular formula is C38H60O2. The number of unbranched alkanes of at least 4 members (excludes halogenated alkanes) is 8. The topological polar surface area (TPSA) is 40.5 Å². The minimum Gasteiger partial charge on any atom is -0.507 e. The fraction of sp³-hybridized carbons (Fsp3) is 0.684. The van der Waals surface area contributed by atoms with Crippen LogP contribution in [0.2, 0.25) is 0 Å². The van der Waals surface area contributed by atoms with Crippen LogP contribution in [0.1, 0.15) is 153 Å². The molecule has 0 amide bonds. The second kappa shape index (κ2) is 17.2. The zero-order chi connectivity index (χ0) is 28.8. The van der Waals surface area contributed by atoms with Crippen LogP contribution in [0.5, 0.6) is 5.75 Å². The van der Waals surface area contributed by atoms with Gasteiger partial charge in [0.25, 0.3) is 0 Å². The lowest BCUT2D eigenvalue weighted by Crippen LogP contribution is -2.46. The van der Waals surface area contributed by atoms with E-state index in [1.54, 1.807) is 0 Å². The summed E-state index contributed by atoms with van der Waals surface area (Å²) in [5, 5.41) is 23.2. The van der Waals surface area contributed by atoms with Gasteiger partial charge >= 0.3 is 0 Å². The third-order valence-corrected chi connectivity index (χ3v) is 9.79. The number of rotatable bonds is 18. The van der Waals surface area contributed by atoms with Crippen molar-refractivity contribution < 1.29 is 10.2 Å². The summed E-state index contributed by atoms with van der Waals surface area (Å²) in [6.45, 7) is 9.05. The fourth-order valence-corrected chi connectivity index (χ4v) is 7.41. The Kier molecular flexibility index (Phi) is 14.1. The highest BCUT2D eigenvalue weighted by Crippen LogP contribution is 2.52. The quantitative estimate of drug-likeness (QED) is 0.182. The minimum absolute atomic E-state index is 0.124. The maximum Gasteiger partial charge on any atom is 0.121 e. The third-order valence-electron chi connectivity index (χ3n) is 9.79. The monoisotopic (exact) mass is 548 g/mol. The molecule has 1 saturated carbocycles. The van der Waals surface area contributed by atoms with Crippen LogP contribution < -0.4 is 0 Å². The van der Waals surface area contributed by atoms with E-state index in [0.717, 1.165) is 62.5 Å². The molecule has 1 fully saturated rings. The van der Waals surface area contributed by atoms with Gasteiger partial charge in [-0.1, -0.05) is 134 Å². The first-order valence-corrected chi connectivity index (χ1v) is 17.1. The highest BCUT2D eigenvalue weighted by Gasteiger charge is 2.47. The molecule has 2 nitrogen and oxygen atoms in total. The SMILES string of the molecule is CCCCCc1cc(C2(c3ccccc3)CC(CCCCC)C(O)C(CCCCC)C2)cc(CCCCC)c1O. The Balaban J connectivity index is 2.14. The number of benzene rings is 2. The lowest BCUT2D eigenvalue weighted by Gasteiger charge is -2.49. The van der Waals surface area contributed by atoms with Crippen LogP contribution in [-0.2, 0) is 18.3 Å². The number of aryl methyl sites for hydroxylation is 2. The van der Waals surface area contributed by atoms with Crippen LogP contribution in [0.15, 0.2) is 42.5 Å². The number of aromatic hydroxyl groups is 1. The Hall–Kier alpha value is -1.80. The molecular weight excluding hydrogens is 488 g/mol. The zero-order valence-corrected chi connectivity index (χ0v) is 26.4. The van der Waals surface area contributed by atoms with Crippen molar-refractivity contribution >= 4 is 0 Å². The summed E-state index contributed by atoms with van der Waals surface area (Å²) in [5.74, 6) is 1.18. The molecule has 0 aromatic heterocycles. The number of aliphatic hydroxyl groups excluding tert-OH is 1. The average Bonchev–Trinajstić information content (AvgIpc) is 2.97. The summed E-state index contributed by atoms with van der Waals surface area (Å²) in [5.41, 5.74) is 4.95. The molecule has 3 rings (SSSR count). The van der Waals surface area contributed by atoms with E-state index < -0.39 is 0 Å². The van der Waals surface area contributed by atoms with E-state index in [0.29, 0.717) is 17.6 Å². The van der Waals surface area contributed by atoms with Gasteiger partial charge in [-0.15, -0.1) is 0 Å². The summed E-state index contributed by atoms with van der Waals surface area (Å²) in [6.07, 6.45) is 20.2. The summed E-state index contributed by atoms with van der Waals surface area (Å²) in [6, 6.07) is 16.0. The Bertz CT molecular complexity index is 914. The predicted octanol–water partition coefficient (Wildman–Crippen LogP) is 10.7. The number of hydrogen-bond acceptors (Lipinski definition) is 2. The summed E-state index contributed by atoms with van der Waals surface area (Å²) < 4.78 is 0. The van der Waals surface area contributed by atoms with Crippen molar-refractivity contribution in [3.63, 3.8) is 0 Å². The van der Waals surface area contributed by atoms with Gasteiger partial charge in [-0.2, -0.15) is 0 Å². The molecule has 0 aliphatic heterocycles. The molecule has 2 N–H and O–H groups in total. The number of hydrogen-bond donors (Lipinski definition) is 2. The van der Waals surface area contributed by atoms with Gasteiger partial charge in [-0.05, 0) is 85.5 Å². The van der Waals surface area contributed by atoms with E-state index in [9.17, 15) is 10.2 Å². The van der Waals surface area contributed by atoms with Crippen molar-refractivity contribution in [3.05, 3.63) is 64.7 Å². The molecule has 2 aromatic carbocycles. The van der Waals surface area contributed by atoms with E-state index in [1.807, 2.05) is 0 Å². The van der Waals surface area contributed by atoms with Gasteiger partial charge in [0, 0.05) is 5.41 Å². The molecule has 2 atom stereocenters. The lowest BCUT2D eigenvalue weighted by atomic mass is 9.56. The standard InChI is InChI=1S/C38H60O2/c1-5-9-14-20-30-26-35(27-31(36(30)39)21-15-10-6-2)38(34-24-18-13-19-25-34)28-32(22-16-11-7-3)37(40)33(29-38)23-17-12-8-4/h13,18-19,24-27,32-33,37,39-40H,5-12,14-17,20-23,28-29H2,1-4H3. The van der Waals surface area contributed by atoms with E-state index in [-0.39, 0.29) is 11.5 Å². The molecule has 40 heavy (non-hydrogen) atoms. The average molecular weight is 549 g/mol. The maximum absolute atomic E-state index is 11.8. The van der Waals surface area contributed by atoms with Crippen molar-refractivity contribution in [2.75, 3.05) is 0 Å². The zero-order valence-electron chi connectivity index (χ0n) is 26.4. The van der Waals surface area contributed by atoms with Crippen molar-refractivity contribution in [1.29, 1.82) is 0 Å². The van der Waals surface area contributed by atoms with Gasteiger partial charge in [0.15, 0.2) is 0 Å². The first-order valence-electron chi connectivity index (χ1n) is 17.1. The van der Waals surface area contributed by atoms with Gasteiger partial charge in [0.2, 0.25) is 0 Å². The van der Waals surface area contributed by atoms with Crippen molar-refractivity contribution in [1.82, 2.24) is 0 Å². The summed E-state index contributed by atoms with van der Waals surface area (Å²) in [4.78, 5) is 0. The Morgan fingerprint density at radius 1 is 0.625 bits per heavy atom. The number of phenols is 1. The van der Waals surface area contributed by atoms with Crippen molar-refractivity contribution in [3.8, 4) is 5.75 Å². The molecule has 0 spiro atoms. The maximum atomic E-state index is 11.8. The van der Waals surface area contributed by atoms with Gasteiger partial charge < -0.3 is 10.2 Å². The van der Waals surface area contributed by atoms with Crippen LogP contribution >= 0.6 is 0 Å². The van der Waals surface area contributed by atoms with Crippen LogP contribution in [0.3, 0.4) is 0 Å². The van der Waals surface area contributed by atoms with E-state index >= 15 is 0 Å². The van der Waals surface area contributed by atoms with Crippen LogP contribution in [0.25, 0.3) is 0 Å². The molecule has 224 valence electrons. The van der Waals surface area contributed by atoms with Gasteiger partial charge in [0.05, 0.1) is 6.10 Å². The Labute approximate surface area is 247 Å². The molecule has 0 heterocycles. The normalized spacial score (nSPS) is 23.0. The summed E-state index contributed by atoms with van der Waals surface area (Å²) in [7, 11) is 0. The van der Waals surface area contributed by atoms with Crippen molar-refractivity contribution in [2.24, 2.45) is 11.8 Å². The molecule has 0 saturated heterocycles. The smallest absolute Gasteiger partial charge is 0.121 e. The highest BCUT2D eigenvalue weighted by atomic mass is 16.3. The first kappa shape index (κ1) is 32.7. The molecule has 1 aliphatic carbocycles. The second-order valence-electron chi connectivity index (χ2n) is 12.9. The Morgan fingerprint density at radius 2 is 1.07 bits per heavy atom. The lowest BCUT2D eigenvalue weighted by molar-refractivity contribution is -0.0149. The molecule has 0 bridgehead atoms. The molecule has 2 aromatic rings. The highest BCUT2D eigenvalue weighted by molar-refractivity contribution is 5.50. The van der Waals surface area contributed by atoms with E-state index in [1.165, 1.54) is 75.3 Å². The van der Waals surface area contributed by atoms with Crippen LogP contribution in [-0.4, -0.2) is 16.3 Å². The first-order chi connectivity index (χ1) is 19.5. The number of aliphatic hydroxyl groups is 1. The summed E-state index contributed by atoms with van der Waals surface area (Å²) >= 11 is 0. The second-order valence-corrected chi connectivity index (χ2v) is 12.9. The number of phenolic OH excluding ortho intramolecular Hbond substituents is 1. The predicted molar refractivity (Wildman–Crippen MR) is 172 cm³/mol. The third kappa shape index (κ3) is 8.60. The minimum atomic E-state index is -0.212. The Morgan fingerprint density at radius 3 is 1.52 bits per heavy atom. The van der Waals surface area contributed by atoms with Gasteiger partial charge in [-0.3, -0.25) is 0 Å². The van der Waals surface area contributed by atoms with E-state index in [2.05, 4.69) is 70.2 Å². The van der Waals surface area contributed by atoms with Crippen LogP contribution in [0, 0.1) is 11.8 Å². The largest absolute Gasteiger partial charge is 0.507 e.